The Bertz CT molecular complexity index is 270. The van der Waals surface area contributed by atoms with Crippen LogP contribution in [-0.2, 0) is 0 Å². The molecule has 3 aliphatic rings. The van der Waals surface area contributed by atoms with Crippen molar-refractivity contribution in [1.82, 2.24) is 10.2 Å². The van der Waals surface area contributed by atoms with Gasteiger partial charge in [-0.3, -0.25) is 4.90 Å². The Balaban J connectivity index is 1.54. The van der Waals surface area contributed by atoms with E-state index in [-0.39, 0.29) is 0 Å². The van der Waals surface area contributed by atoms with Crippen LogP contribution in [0.3, 0.4) is 0 Å². The van der Waals surface area contributed by atoms with E-state index < -0.39 is 0 Å². The van der Waals surface area contributed by atoms with Gasteiger partial charge in [-0.1, -0.05) is 19.8 Å². The van der Waals surface area contributed by atoms with Crippen molar-refractivity contribution in [2.75, 3.05) is 19.6 Å². The smallest absolute Gasteiger partial charge is 0.0114 e. The fourth-order valence-electron chi connectivity index (χ4n) is 4.86. The Labute approximate surface area is 113 Å². The van der Waals surface area contributed by atoms with Crippen LogP contribution in [0.2, 0.25) is 0 Å². The van der Waals surface area contributed by atoms with Crippen LogP contribution in [0.15, 0.2) is 0 Å². The maximum Gasteiger partial charge on any atom is 0.0114 e. The maximum absolute atomic E-state index is 3.58. The summed E-state index contributed by atoms with van der Waals surface area (Å²) in [5.74, 6) is 2.94. The quantitative estimate of drug-likeness (QED) is 0.828. The molecule has 2 saturated heterocycles. The molecule has 1 N–H and O–H groups in total. The van der Waals surface area contributed by atoms with Crippen molar-refractivity contribution in [2.45, 2.75) is 64.5 Å². The molecular weight excluding hydrogens is 220 g/mol. The van der Waals surface area contributed by atoms with Crippen LogP contribution < -0.4 is 5.32 Å². The molecule has 1 saturated carbocycles. The Kier molecular flexibility index (Phi) is 3.95. The van der Waals surface area contributed by atoms with E-state index in [1.165, 1.54) is 58.2 Å². The minimum absolute atomic E-state index is 0.831. The van der Waals surface area contributed by atoms with Crippen LogP contribution in [0.5, 0.6) is 0 Å². The molecule has 2 heterocycles. The number of fused-ring (bicyclic) bond motifs is 1. The van der Waals surface area contributed by atoms with Crippen LogP contribution >= 0.6 is 0 Å². The lowest BCUT2D eigenvalue weighted by Gasteiger charge is -2.38. The molecular formula is C16H30N2. The molecule has 0 aromatic carbocycles. The van der Waals surface area contributed by atoms with E-state index in [0.29, 0.717) is 0 Å². The van der Waals surface area contributed by atoms with Crippen molar-refractivity contribution < 1.29 is 0 Å². The number of hydrogen-bond acceptors (Lipinski definition) is 2. The zero-order valence-corrected chi connectivity index (χ0v) is 12.2. The molecule has 0 amide bonds. The summed E-state index contributed by atoms with van der Waals surface area (Å²) in [4.78, 5) is 2.87. The summed E-state index contributed by atoms with van der Waals surface area (Å²) in [5.41, 5.74) is 0. The predicted molar refractivity (Wildman–Crippen MR) is 76.7 cm³/mol. The standard InChI is InChI=1S/C16H30N2/c1-3-4-13-5-7-15(8-6-13)18-11-14-9-17-10-16(14)12(18)2/h12-17H,3-11H2,1-2H3. The third-order valence-electron chi connectivity index (χ3n) is 5.96. The number of hydrogen-bond donors (Lipinski definition) is 1. The second-order valence-corrected chi connectivity index (χ2v) is 6.98. The molecule has 104 valence electrons. The van der Waals surface area contributed by atoms with Crippen molar-refractivity contribution in [3.63, 3.8) is 0 Å². The third kappa shape index (κ3) is 2.34. The first-order valence-corrected chi connectivity index (χ1v) is 8.26. The van der Waals surface area contributed by atoms with Gasteiger partial charge in [0.2, 0.25) is 0 Å². The zero-order chi connectivity index (χ0) is 12.5. The van der Waals surface area contributed by atoms with Crippen LogP contribution in [0.4, 0.5) is 0 Å². The van der Waals surface area contributed by atoms with Crippen LogP contribution in [-0.4, -0.2) is 36.6 Å². The Morgan fingerprint density at radius 2 is 1.89 bits per heavy atom. The van der Waals surface area contributed by atoms with Crippen molar-refractivity contribution in [3.05, 3.63) is 0 Å². The number of nitrogens with one attached hydrogen (secondary N) is 1. The molecule has 3 atom stereocenters. The van der Waals surface area contributed by atoms with Crippen molar-refractivity contribution in [3.8, 4) is 0 Å². The van der Waals surface area contributed by atoms with Crippen molar-refractivity contribution >= 4 is 0 Å². The third-order valence-corrected chi connectivity index (χ3v) is 5.96. The monoisotopic (exact) mass is 250 g/mol. The summed E-state index contributed by atoms with van der Waals surface area (Å²) < 4.78 is 0. The lowest BCUT2D eigenvalue weighted by atomic mass is 9.82. The van der Waals surface area contributed by atoms with E-state index in [2.05, 4.69) is 24.1 Å². The summed E-state index contributed by atoms with van der Waals surface area (Å²) in [6.45, 7) is 8.74. The highest BCUT2D eigenvalue weighted by Gasteiger charge is 2.44. The van der Waals surface area contributed by atoms with E-state index in [4.69, 9.17) is 0 Å². The van der Waals surface area contributed by atoms with Gasteiger partial charge in [-0.15, -0.1) is 0 Å². The zero-order valence-electron chi connectivity index (χ0n) is 12.2. The first-order valence-electron chi connectivity index (χ1n) is 8.26. The van der Waals surface area contributed by atoms with Gasteiger partial charge in [0.05, 0.1) is 0 Å². The second-order valence-electron chi connectivity index (χ2n) is 6.98. The molecule has 3 unspecified atom stereocenters. The summed E-state index contributed by atoms with van der Waals surface area (Å²) in [6.07, 6.45) is 8.79. The molecule has 2 nitrogen and oxygen atoms in total. The molecule has 18 heavy (non-hydrogen) atoms. The highest BCUT2D eigenvalue weighted by atomic mass is 15.2. The second kappa shape index (κ2) is 5.50. The molecule has 2 heteroatoms. The Morgan fingerprint density at radius 1 is 1.11 bits per heavy atom. The molecule has 2 aliphatic heterocycles. The Hall–Kier alpha value is -0.0800. The Morgan fingerprint density at radius 3 is 2.56 bits per heavy atom. The lowest BCUT2D eigenvalue weighted by Crippen LogP contribution is -2.42. The molecule has 3 fully saturated rings. The van der Waals surface area contributed by atoms with Gasteiger partial charge in [0.25, 0.3) is 0 Å². The number of likely N-dealkylation sites (tertiary alicyclic amines) is 1. The molecule has 0 bridgehead atoms. The van der Waals surface area contributed by atoms with E-state index in [9.17, 15) is 0 Å². The van der Waals surface area contributed by atoms with E-state index in [1.54, 1.807) is 0 Å². The van der Waals surface area contributed by atoms with Gasteiger partial charge >= 0.3 is 0 Å². The summed E-state index contributed by atoms with van der Waals surface area (Å²) in [6, 6.07) is 1.75. The first-order chi connectivity index (χ1) is 8.79. The van der Waals surface area contributed by atoms with Crippen LogP contribution in [0, 0.1) is 17.8 Å². The summed E-state index contributed by atoms with van der Waals surface area (Å²) in [5, 5.41) is 3.58. The molecule has 0 radical (unpaired) electrons. The van der Waals surface area contributed by atoms with Gasteiger partial charge in [-0.05, 0) is 63.5 Å². The van der Waals surface area contributed by atoms with Gasteiger partial charge < -0.3 is 5.32 Å². The molecule has 0 aromatic rings. The first kappa shape index (κ1) is 12.9. The van der Waals surface area contributed by atoms with Gasteiger partial charge in [0.15, 0.2) is 0 Å². The SMILES string of the molecule is CCCC1CCC(N2CC3CNCC3C2C)CC1. The average Bonchev–Trinajstić information content (AvgIpc) is 2.95. The highest BCUT2D eigenvalue weighted by molar-refractivity contribution is 4.99. The average molecular weight is 250 g/mol. The van der Waals surface area contributed by atoms with E-state index >= 15 is 0 Å². The van der Waals surface area contributed by atoms with E-state index in [0.717, 1.165) is 29.8 Å². The largest absolute Gasteiger partial charge is 0.316 e. The van der Waals surface area contributed by atoms with Gasteiger partial charge in [-0.2, -0.15) is 0 Å². The molecule has 3 rings (SSSR count). The normalized spacial score (nSPS) is 45.3. The minimum Gasteiger partial charge on any atom is -0.316 e. The van der Waals surface area contributed by atoms with Gasteiger partial charge in [0, 0.05) is 18.6 Å². The molecule has 1 aliphatic carbocycles. The summed E-state index contributed by atoms with van der Waals surface area (Å²) in [7, 11) is 0. The highest BCUT2D eigenvalue weighted by Crippen LogP contribution is 2.38. The number of nitrogens with zero attached hydrogens (tertiary/aromatic N) is 1. The van der Waals surface area contributed by atoms with Gasteiger partial charge in [0.1, 0.15) is 0 Å². The lowest BCUT2D eigenvalue weighted by molar-refractivity contribution is 0.116. The fourth-order valence-corrected chi connectivity index (χ4v) is 4.86. The molecule has 0 spiro atoms. The topological polar surface area (TPSA) is 15.3 Å². The van der Waals surface area contributed by atoms with Crippen LogP contribution in [0.1, 0.15) is 52.4 Å². The van der Waals surface area contributed by atoms with E-state index in [1.807, 2.05) is 0 Å². The molecule has 0 aromatic heterocycles. The fraction of sp³-hybridized carbons (Fsp3) is 1.00. The predicted octanol–water partition coefficient (Wildman–Crippen LogP) is 2.89. The van der Waals surface area contributed by atoms with Gasteiger partial charge in [-0.25, -0.2) is 0 Å². The number of rotatable bonds is 3. The maximum atomic E-state index is 3.58. The van der Waals surface area contributed by atoms with Crippen LogP contribution in [0.25, 0.3) is 0 Å². The summed E-state index contributed by atoms with van der Waals surface area (Å²) >= 11 is 0. The van der Waals surface area contributed by atoms with Crippen molar-refractivity contribution in [2.24, 2.45) is 17.8 Å². The van der Waals surface area contributed by atoms with Crippen molar-refractivity contribution in [1.29, 1.82) is 0 Å². The minimum atomic E-state index is 0.831.